The summed E-state index contributed by atoms with van der Waals surface area (Å²) in [6.07, 6.45) is 1.02. The largest absolute Gasteiger partial charge is 0.342 e. The Hall–Kier alpha value is -2.02. The van der Waals surface area contributed by atoms with E-state index in [1.54, 1.807) is 11.3 Å². The van der Waals surface area contributed by atoms with Crippen LogP contribution in [-0.2, 0) is 6.54 Å². The van der Waals surface area contributed by atoms with Crippen LogP contribution in [0.3, 0.4) is 0 Å². The number of hydrogen-bond acceptors (Lipinski definition) is 4. The van der Waals surface area contributed by atoms with Crippen LogP contribution in [0, 0.1) is 0 Å². The molecule has 1 aromatic carbocycles. The monoisotopic (exact) mass is 370 g/mol. The highest BCUT2D eigenvalue weighted by atomic mass is 32.1. The lowest BCUT2D eigenvalue weighted by molar-refractivity contribution is -0.901. The minimum Gasteiger partial charge on any atom is -0.342 e. The van der Waals surface area contributed by atoms with Gasteiger partial charge in [0, 0.05) is 17.4 Å². The van der Waals surface area contributed by atoms with Crippen molar-refractivity contribution >= 4 is 28.6 Å². The molecule has 2 aromatic heterocycles. The lowest BCUT2D eigenvalue weighted by Crippen LogP contribution is -3.09. The van der Waals surface area contributed by atoms with Crippen molar-refractivity contribution in [1.82, 2.24) is 10.3 Å². The number of carbonyl (C=O) groups excluding carboxylic acids is 1. The van der Waals surface area contributed by atoms with Gasteiger partial charge in [0.05, 0.1) is 24.0 Å². The molecule has 0 saturated carbocycles. The number of quaternary nitrogens is 1. The Bertz CT molecular complexity index is 829. The Kier molecular flexibility index (Phi) is 4.92. The molecule has 4 nitrogen and oxygen atoms in total. The first-order valence-corrected chi connectivity index (χ1v) is 10.2. The van der Waals surface area contributed by atoms with E-state index in [9.17, 15) is 4.79 Å². The van der Waals surface area contributed by atoms with E-state index in [1.165, 1.54) is 21.8 Å². The summed E-state index contributed by atoms with van der Waals surface area (Å²) in [5.41, 5.74) is 1.88. The molecule has 1 fully saturated rings. The zero-order valence-corrected chi connectivity index (χ0v) is 15.4. The number of nitrogens with zero attached hydrogens (tertiary/aromatic N) is 1. The molecule has 1 aliphatic rings. The summed E-state index contributed by atoms with van der Waals surface area (Å²) in [6.45, 7) is 3.09. The summed E-state index contributed by atoms with van der Waals surface area (Å²) in [4.78, 5) is 19.6. The van der Waals surface area contributed by atoms with Gasteiger partial charge in [-0.05, 0) is 11.4 Å². The molecular weight excluding hydrogens is 350 g/mol. The number of amides is 1. The van der Waals surface area contributed by atoms with Crippen LogP contribution in [0.15, 0.2) is 53.2 Å². The number of thiazole rings is 1. The lowest BCUT2D eigenvalue weighted by Gasteiger charge is -2.14. The summed E-state index contributed by atoms with van der Waals surface area (Å²) in [6, 6.07) is 14.8. The van der Waals surface area contributed by atoms with Crippen LogP contribution < -0.4 is 10.2 Å². The van der Waals surface area contributed by atoms with Crippen molar-refractivity contribution in [1.29, 1.82) is 0 Å². The first-order valence-electron chi connectivity index (χ1n) is 8.46. The molecular formula is C19H20N3OS2+. The third kappa shape index (κ3) is 3.98. The highest BCUT2D eigenvalue weighted by Gasteiger charge is 2.28. The second-order valence-corrected chi connectivity index (χ2v) is 8.15. The van der Waals surface area contributed by atoms with Gasteiger partial charge in [-0.15, -0.1) is 22.7 Å². The summed E-state index contributed by atoms with van der Waals surface area (Å²) < 4.78 is 0. The van der Waals surface area contributed by atoms with E-state index in [2.05, 4.69) is 34.6 Å². The predicted octanol–water partition coefficient (Wildman–Crippen LogP) is 2.46. The van der Waals surface area contributed by atoms with E-state index in [-0.39, 0.29) is 11.9 Å². The van der Waals surface area contributed by atoms with Gasteiger partial charge in [-0.25, -0.2) is 4.98 Å². The average molecular weight is 371 g/mol. The summed E-state index contributed by atoms with van der Waals surface area (Å²) in [5.74, 6) is -0.0509. The fraction of sp³-hybridized carbons (Fsp3) is 0.263. The molecule has 0 bridgehead atoms. The van der Waals surface area contributed by atoms with Gasteiger partial charge in [0.2, 0.25) is 0 Å². The Balaban J connectivity index is 1.33. The minimum atomic E-state index is -0.0509. The Morgan fingerprint density at radius 1 is 1.20 bits per heavy atom. The Labute approximate surface area is 155 Å². The van der Waals surface area contributed by atoms with Crippen LogP contribution in [0.25, 0.3) is 9.88 Å². The Morgan fingerprint density at radius 2 is 2.08 bits per heavy atom. The van der Waals surface area contributed by atoms with E-state index >= 15 is 0 Å². The standard InChI is InChI=1S/C19H19N3OS2/c23-18(16-13-25-19(21-16)17-7-4-10-24-17)20-15-8-9-22(12-15)11-14-5-2-1-3-6-14/h1-7,10,13,15H,8-9,11-12H2,(H,20,23)/p+1/t15-/m1/s1. The van der Waals surface area contributed by atoms with Crippen molar-refractivity contribution in [3.63, 3.8) is 0 Å². The van der Waals surface area contributed by atoms with Gasteiger partial charge in [-0.3, -0.25) is 4.79 Å². The third-order valence-electron chi connectivity index (χ3n) is 4.48. The number of benzene rings is 1. The predicted molar refractivity (Wildman–Crippen MR) is 102 cm³/mol. The molecule has 0 aliphatic carbocycles. The normalized spacial score (nSPS) is 19.8. The van der Waals surface area contributed by atoms with E-state index in [4.69, 9.17) is 0 Å². The van der Waals surface area contributed by atoms with Crippen LogP contribution in [0.2, 0.25) is 0 Å². The van der Waals surface area contributed by atoms with E-state index in [0.717, 1.165) is 35.9 Å². The number of nitrogens with one attached hydrogen (secondary N) is 2. The topological polar surface area (TPSA) is 46.4 Å². The van der Waals surface area contributed by atoms with Crippen molar-refractivity contribution in [3.05, 3.63) is 64.5 Å². The summed E-state index contributed by atoms with van der Waals surface area (Å²) in [7, 11) is 0. The van der Waals surface area contributed by atoms with Crippen molar-refractivity contribution in [2.75, 3.05) is 13.1 Å². The summed E-state index contributed by atoms with van der Waals surface area (Å²) >= 11 is 3.18. The third-order valence-corrected chi connectivity index (χ3v) is 6.36. The number of rotatable bonds is 5. The lowest BCUT2D eigenvalue weighted by atomic mass is 10.2. The van der Waals surface area contributed by atoms with Gasteiger partial charge in [0.1, 0.15) is 17.2 Å². The molecule has 1 saturated heterocycles. The Morgan fingerprint density at radius 3 is 2.88 bits per heavy atom. The molecule has 2 atom stereocenters. The fourth-order valence-corrected chi connectivity index (χ4v) is 4.86. The zero-order valence-electron chi connectivity index (χ0n) is 13.8. The highest BCUT2D eigenvalue weighted by molar-refractivity contribution is 7.20. The number of likely N-dealkylation sites (tertiary alicyclic amines) is 1. The molecule has 2 N–H and O–H groups in total. The second-order valence-electron chi connectivity index (χ2n) is 6.34. The zero-order chi connectivity index (χ0) is 17.1. The number of thiophene rings is 1. The molecule has 3 heterocycles. The summed E-state index contributed by atoms with van der Waals surface area (Å²) in [5, 5.41) is 7.96. The molecule has 6 heteroatoms. The maximum Gasteiger partial charge on any atom is 0.271 e. The van der Waals surface area contributed by atoms with Crippen molar-refractivity contribution in [3.8, 4) is 9.88 Å². The van der Waals surface area contributed by atoms with Gasteiger partial charge in [0.15, 0.2) is 0 Å². The van der Waals surface area contributed by atoms with E-state index in [0.29, 0.717) is 5.69 Å². The van der Waals surface area contributed by atoms with Gasteiger partial charge < -0.3 is 10.2 Å². The van der Waals surface area contributed by atoms with Crippen LogP contribution >= 0.6 is 22.7 Å². The molecule has 0 spiro atoms. The van der Waals surface area contributed by atoms with Gasteiger partial charge in [-0.2, -0.15) is 0 Å². The highest BCUT2D eigenvalue weighted by Crippen LogP contribution is 2.27. The molecule has 25 heavy (non-hydrogen) atoms. The van der Waals surface area contributed by atoms with Crippen LogP contribution in [-0.4, -0.2) is 30.0 Å². The molecule has 3 aromatic rings. The molecule has 1 unspecified atom stereocenters. The maximum absolute atomic E-state index is 12.5. The van der Waals surface area contributed by atoms with E-state index < -0.39 is 0 Å². The molecule has 0 radical (unpaired) electrons. The van der Waals surface area contributed by atoms with Gasteiger partial charge in [0.25, 0.3) is 5.91 Å². The minimum absolute atomic E-state index is 0.0509. The van der Waals surface area contributed by atoms with Crippen molar-refractivity contribution < 1.29 is 9.69 Å². The SMILES string of the molecule is O=C(N[C@@H]1CC[NH+](Cc2ccccc2)C1)c1csc(-c2cccs2)n1. The van der Waals surface area contributed by atoms with Gasteiger partial charge in [-0.1, -0.05) is 36.4 Å². The number of hydrogen-bond donors (Lipinski definition) is 2. The smallest absolute Gasteiger partial charge is 0.271 e. The van der Waals surface area contributed by atoms with Crippen LogP contribution in [0.4, 0.5) is 0 Å². The first-order chi connectivity index (χ1) is 12.3. The molecule has 128 valence electrons. The maximum atomic E-state index is 12.5. The second kappa shape index (κ2) is 7.47. The molecule has 1 aliphatic heterocycles. The number of carbonyl (C=O) groups is 1. The molecule has 4 rings (SSSR count). The van der Waals surface area contributed by atoms with Crippen molar-refractivity contribution in [2.24, 2.45) is 0 Å². The number of aromatic nitrogens is 1. The van der Waals surface area contributed by atoms with Crippen molar-refractivity contribution in [2.45, 2.75) is 19.0 Å². The first kappa shape index (κ1) is 16.4. The van der Waals surface area contributed by atoms with Crippen LogP contribution in [0.1, 0.15) is 22.5 Å². The van der Waals surface area contributed by atoms with Crippen LogP contribution in [0.5, 0.6) is 0 Å². The average Bonchev–Trinajstić information content (AvgIpc) is 3.37. The van der Waals surface area contributed by atoms with Gasteiger partial charge >= 0.3 is 0 Å². The fourth-order valence-electron chi connectivity index (χ4n) is 3.25. The quantitative estimate of drug-likeness (QED) is 0.725. The van der Waals surface area contributed by atoms with E-state index in [1.807, 2.05) is 29.0 Å². The molecule has 1 amide bonds.